The van der Waals surface area contributed by atoms with Crippen molar-refractivity contribution in [3.63, 3.8) is 0 Å². The Kier molecular flexibility index (Phi) is 3.13. The lowest BCUT2D eigenvalue weighted by molar-refractivity contribution is 1.10. The van der Waals surface area contributed by atoms with E-state index in [9.17, 15) is 0 Å². The van der Waals surface area contributed by atoms with Gasteiger partial charge < -0.3 is 5.73 Å². The molecule has 0 atom stereocenters. The third-order valence-corrected chi connectivity index (χ3v) is 2.54. The molecule has 0 aliphatic carbocycles. The van der Waals surface area contributed by atoms with Gasteiger partial charge in [-0.1, -0.05) is 30.7 Å². The highest BCUT2D eigenvalue weighted by Crippen LogP contribution is 2.24. The molecule has 0 heterocycles. The number of para-hydroxylation sites is 1. The SMILES string of the molecule is CC/C(C)=C(/C)c1ccccc1N. The molecule has 0 unspecified atom stereocenters. The van der Waals surface area contributed by atoms with Crippen LogP contribution in [0.4, 0.5) is 5.69 Å². The minimum Gasteiger partial charge on any atom is -0.398 e. The number of nitrogens with two attached hydrogens (primary N) is 1. The quantitative estimate of drug-likeness (QED) is 0.684. The van der Waals surface area contributed by atoms with Crippen LogP contribution in [-0.4, -0.2) is 0 Å². The van der Waals surface area contributed by atoms with E-state index in [4.69, 9.17) is 5.73 Å². The van der Waals surface area contributed by atoms with E-state index in [0.29, 0.717) is 0 Å². The summed E-state index contributed by atoms with van der Waals surface area (Å²) in [5, 5.41) is 0. The molecule has 1 aromatic carbocycles. The number of rotatable bonds is 2. The average Bonchev–Trinajstić information content (AvgIpc) is 2.16. The first-order chi connectivity index (χ1) is 6.16. The second-order valence-corrected chi connectivity index (χ2v) is 3.35. The van der Waals surface area contributed by atoms with Crippen LogP contribution in [0.25, 0.3) is 5.57 Å². The Bertz CT molecular complexity index is 324. The fourth-order valence-electron chi connectivity index (χ4n) is 1.33. The van der Waals surface area contributed by atoms with Crippen LogP contribution in [0.3, 0.4) is 0 Å². The Morgan fingerprint density at radius 3 is 2.38 bits per heavy atom. The summed E-state index contributed by atoms with van der Waals surface area (Å²) in [7, 11) is 0. The molecule has 0 fully saturated rings. The second-order valence-electron chi connectivity index (χ2n) is 3.35. The summed E-state index contributed by atoms with van der Waals surface area (Å²) in [5.74, 6) is 0. The van der Waals surface area contributed by atoms with Crippen LogP contribution in [0.5, 0.6) is 0 Å². The summed E-state index contributed by atoms with van der Waals surface area (Å²) >= 11 is 0. The Balaban J connectivity index is 3.16. The monoisotopic (exact) mass is 175 g/mol. The van der Waals surface area contributed by atoms with Gasteiger partial charge in [-0.05, 0) is 31.9 Å². The molecule has 70 valence electrons. The first kappa shape index (κ1) is 9.85. The van der Waals surface area contributed by atoms with Crippen molar-refractivity contribution in [2.45, 2.75) is 27.2 Å². The summed E-state index contributed by atoms with van der Waals surface area (Å²) in [6, 6.07) is 8.01. The van der Waals surface area contributed by atoms with E-state index in [0.717, 1.165) is 12.1 Å². The van der Waals surface area contributed by atoms with Crippen LogP contribution in [0, 0.1) is 0 Å². The predicted molar refractivity (Wildman–Crippen MR) is 59.4 cm³/mol. The molecule has 1 rings (SSSR count). The van der Waals surface area contributed by atoms with Crippen molar-refractivity contribution < 1.29 is 0 Å². The fraction of sp³-hybridized carbons (Fsp3) is 0.333. The molecular weight excluding hydrogens is 158 g/mol. The lowest BCUT2D eigenvalue weighted by atomic mass is 9.99. The molecule has 2 N–H and O–H groups in total. The van der Waals surface area contributed by atoms with Crippen LogP contribution in [0.2, 0.25) is 0 Å². The normalized spacial score (nSPS) is 12.5. The van der Waals surface area contributed by atoms with Crippen molar-refractivity contribution >= 4 is 11.3 Å². The number of hydrogen-bond acceptors (Lipinski definition) is 1. The lowest BCUT2D eigenvalue weighted by Crippen LogP contribution is -1.92. The smallest absolute Gasteiger partial charge is 0.0390 e. The van der Waals surface area contributed by atoms with E-state index in [-0.39, 0.29) is 0 Å². The number of nitrogen functional groups attached to an aromatic ring is 1. The fourth-order valence-corrected chi connectivity index (χ4v) is 1.33. The molecule has 1 aromatic rings. The molecule has 0 radical (unpaired) electrons. The first-order valence-electron chi connectivity index (χ1n) is 4.68. The Hall–Kier alpha value is -1.24. The number of anilines is 1. The van der Waals surface area contributed by atoms with Crippen LogP contribution in [0.15, 0.2) is 29.8 Å². The van der Waals surface area contributed by atoms with Crippen LogP contribution in [0.1, 0.15) is 32.8 Å². The molecule has 0 amide bonds. The number of benzene rings is 1. The summed E-state index contributed by atoms with van der Waals surface area (Å²) in [6.07, 6.45) is 1.08. The highest BCUT2D eigenvalue weighted by atomic mass is 14.6. The number of hydrogen-bond donors (Lipinski definition) is 1. The van der Waals surface area contributed by atoms with Gasteiger partial charge in [0.25, 0.3) is 0 Å². The molecular formula is C12H17N. The van der Waals surface area contributed by atoms with Crippen molar-refractivity contribution in [1.82, 2.24) is 0 Å². The van der Waals surface area contributed by atoms with E-state index < -0.39 is 0 Å². The van der Waals surface area contributed by atoms with Gasteiger partial charge in [0.1, 0.15) is 0 Å². The maximum absolute atomic E-state index is 5.88. The highest BCUT2D eigenvalue weighted by molar-refractivity contribution is 5.75. The molecule has 0 saturated carbocycles. The van der Waals surface area contributed by atoms with E-state index >= 15 is 0 Å². The van der Waals surface area contributed by atoms with Gasteiger partial charge in [0, 0.05) is 11.3 Å². The zero-order chi connectivity index (χ0) is 9.84. The van der Waals surface area contributed by atoms with E-state index in [1.165, 1.54) is 16.7 Å². The molecule has 1 heteroatoms. The zero-order valence-electron chi connectivity index (χ0n) is 8.59. The third-order valence-electron chi connectivity index (χ3n) is 2.54. The van der Waals surface area contributed by atoms with Crippen molar-refractivity contribution in [3.8, 4) is 0 Å². The lowest BCUT2D eigenvalue weighted by Gasteiger charge is -2.08. The second kappa shape index (κ2) is 4.13. The summed E-state index contributed by atoms with van der Waals surface area (Å²) in [6.45, 7) is 6.45. The minimum atomic E-state index is 0.868. The third kappa shape index (κ3) is 2.11. The van der Waals surface area contributed by atoms with E-state index in [2.05, 4.69) is 26.8 Å². The Labute approximate surface area is 80.3 Å². The maximum Gasteiger partial charge on any atom is 0.0390 e. The van der Waals surface area contributed by atoms with Gasteiger partial charge in [-0.2, -0.15) is 0 Å². The van der Waals surface area contributed by atoms with E-state index in [1.807, 2.05) is 18.2 Å². The van der Waals surface area contributed by atoms with Gasteiger partial charge in [-0.15, -0.1) is 0 Å². The Morgan fingerprint density at radius 2 is 1.85 bits per heavy atom. The van der Waals surface area contributed by atoms with Crippen molar-refractivity contribution in [2.75, 3.05) is 5.73 Å². The Morgan fingerprint density at radius 1 is 1.23 bits per heavy atom. The highest BCUT2D eigenvalue weighted by Gasteiger charge is 2.01. The van der Waals surface area contributed by atoms with Crippen LogP contribution >= 0.6 is 0 Å². The number of allylic oxidation sites excluding steroid dienone is 2. The van der Waals surface area contributed by atoms with Gasteiger partial charge in [0.05, 0.1) is 0 Å². The summed E-state index contributed by atoms with van der Waals surface area (Å²) in [5.41, 5.74) is 10.6. The maximum atomic E-state index is 5.88. The van der Waals surface area contributed by atoms with Crippen molar-refractivity contribution in [2.24, 2.45) is 0 Å². The summed E-state index contributed by atoms with van der Waals surface area (Å²) in [4.78, 5) is 0. The standard InChI is InChI=1S/C12H17N/c1-4-9(2)10(3)11-7-5-6-8-12(11)13/h5-8H,4,13H2,1-3H3/b10-9-. The molecule has 0 aliphatic heterocycles. The average molecular weight is 175 g/mol. The molecule has 13 heavy (non-hydrogen) atoms. The van der Waals surface area contributed by atoms with Gasteiger partial charge in [-0.3, -0.25) is 0 Å². The minimum absolute atomic E-state index is 0.868. The zero-order valence-corrected chi connectivity index (χ0v) is 8.59. The molecule has 0 aromatic heterocycles. The van der Waals surface area contributed by atoms with Crippen LogP contribution in [-0.2, 0) is 0 Å². The van der Waals surface area contributed by atoms with Gasteiger partial charge in [0.15, 0.2) is 0 Å². The molecule has 0 spiro atoms. The first-order valence-corrected chi connectivity index (χ1v) is 4.68. The van der Waals surface area contributed by atoms with Crippen molar-refractivity contribution in [3.05, 3.63) is 35.4 Å². The molecule has 0 bridgehead atoms. The molecule has 1 nitrogen and oxygen atoms in total. The van der Waals surface area contributed by atoms with Crippen molar-refractivity contribution in [1.29, 1.82) is 0 Å². The predicted octanol–water partition coefficient (Wildman–Crippen LogP) is 3.47. The summed E-state index contributed by atoms with van der Waals surface area (Å²) < 4.78 is 0. The molecule has 0 aliphatic rings. The topological polar surface area (TPSA) is 26.0 Å². The molecule has 0 saturated heterocycles. The van der Waals surface area contributed by atoms with E-state index in [1.54, 1.807) is 0 Å². The van der Waals surface area contributed by atoms with Gasteiger partial charge in [0.2, 0.25) is 0 Å². The van der Waals surface area contributed by atoms with Crippen LogP contribution < -0.4 is 5.73 Å². The largest absolute Gasteiger partial charge is 0.398 e. The van der Waals surface area contributed by atoms with Gasteiger partial charge in [-0.25, -0.2) is 0 Å². The van der Waals surface area contributed by atoms with Gasteiger partial charge >= 0.3 is 0 Å².